The highest BCUT2D eigenvalue weighted by Crippen LogP contribution is 2.06. The van der Waals surface area contributed by atoms with E-state index in [4.69, 9.17) is 4.55 Å². The van der Waals surface area contributed by atoms with E-state index in [0.717, 1.165) is 0 Å². The van der Waals surface area contributed by atoms with E-state index in [1.54, 1.807) is 0 Å². The molecule has 1 heterocycles. The molecule has 11 heavy (non-hydrogen) atoms. The van der Waals surface area contributed by atoms with Crippen LogP contribution >= 0.6 is 0 Å². The summed E-state index contributed by atoms with van der Waals surface area (Å²) in [5.41, 5.74) is 0.266. The fourth-order valence-electron chi connectivity index (χ4n) is 0.568. The standard InChI is InChI=1S/C4H5N3O3S/c1-3-2-5-7-6-4(3)11(8,9)10/h2H,1H3,(H,8,9,10). The van der Waals surface area contributed by atoms with Crippen LogP contribution in [0.3, 0.4) is 0 Å². The maximum atomic E-state index is 10.5. The average molecular weight is 175 g/mol. The molecular weight excluding hydrogens is 170 g/mol. The average Bonchev–Trinajstić information content (AvgIpc) is 1.86. The second kappa shape index (κ2) is 2.51. The molecule has 0 saturated carbocycles. The van der Waals surface area contributed by atoms with Crippen LogP contribution in [-0.4, -0.2) is 28.4 Å². The molecule has 0 saturated heterocycles. The van der Waals surface area contributed by atoms with E-state index in [1.807, 2.05) is 0 Å². The van der Waals surface area contributed by atoms with Gasteiger partial charge in [0.1, 0.15) is 0 Å². The summed E-state index contributed by atoms with van der Waals surface area (Å²) in [5.74, 6) is 0. The van der Waals surface area contributed by atoms with Crippen LogP contribution in [-0.2, 0) is 10.1 Å². The molecule has 0 aliphatic carbocycles. The molecule has 0 atom stereocenters. The predicted octanol–water partition coefficient (Wildman–Crippen LogP) is -0.573. The largest absolute Gasteiger partial charge is 0.314 e. The first-order chi connectivity index (χ1) is 5.02. The molecule has 0 spiro atoms. The first kappa shape index (κ1) is 8.02. The van der Waals surface area contributed by atoms with Gasteiger partial charge in [-0.2, -0.15) is 8.42 Å². The molecular formula is C4H5N3O3S. The molecule has 0 unspecified atom stereocenters. The van der Waals surface area contributed by atoms with Crippen LogP contribution in [0.25, 0.3) is 0 Å². The van der Waals surface area contributed by atoms with Crippen molar-refractivity contribution in [3.05, 3.63) is 11.8 Å². The summed E-state index contributed by atoms with van der Waals surface area (Å²) in [5, 5.41) is 9.09. The van der Waals surface area contributed by atoms with Crippen molar-refractivity contribution >= 4 is 10.1 Å². The number of rotatable bonds is 1. The van der Waals surface area contributed by atoms with Crippen LogP contribution in [0.15, 0.2) is 11.2 Å². The van der Waals surface area contributed by atoms with Gasteiger partial charge in [-0.25, -0.2) is 0 Å². The van der Waals surface area contributed by atoms with Crippen molar-refractivity contribution in [2.45, 2.75) is 11.9 Å². The second-order valence-electron chi connectivity index (χ2n) is 1.90. The fraction of sp³-hybridized carbons (Fsp3) is 0.250. The molecule has 1 aromatic heterocycles. The third kappa shape index (κ3) is 1.69. The fourth-order valence-corrected chi connectivity index (χ4v) is 1.17. The van der Waals surface area contributed by atoms with Gasteiger partial charge >= 0.3 is 10.1 Å². The van der Waals surface area contributed by atoms with Crippen molar-refractivity contribution in [3.63, 3.8) is 0 Å². The summed E-state index contributed by atoms with van der Waals surface area (Å²) in [4.78, 5) is 0. The molecule has 6 nitrogen and oxygen atoms in total. The van der Waals surface area contributed by atoms with Gasteiger partial charge in [0, 0.05) is 5.56 Å². The van der Waals surface area contributed by atoms with Crippen molar-refractivity contribution in [3.8, 4) is 0 Å². The van der Waals surface area contributed by atoms with Crippen LogP contribution < -0.4 is 0 Å². The number of aryl methyl sites for hydroxylation is 1. The third-order valence-corrected chi connectivity index (χ3v) is 1.91. The van der Waals surface area contributed by atoms with E-state index in [0.29, 0.717) is 0 Å². The highest BCUT2D eigenvalue weighted by molar-refractivity contribution is 7.85. The van der Waals surface area contributed by atoms with Crippen LogP contribution in [0.4, 0.5) is 0 Å². The zero-order chi connectivity index (χ0) is 8.48. The Labute approximate surface area is 63.0 Å². The molecule has 0 bridgehead atoms. The Hall–Kier alpha value is -1.08. The molecule has 0 radical (unpaired) electrons. The highest BCUT2D eigenvalue weighted by Gasteiger charge is 2.14. The lowest BCUT2D eigenvalue weighted by molar-refractivity contribution is 0.475. The van der Waals surface area contributed by atoms with E-state index in [2.05, 4.69) is 15.4 Å². The molecule has 1 rings (SSSR count). The van der Waals surface area contributed by atoms with Gasteiger partial charge in [-0.15, -0.1) is 10.2 Å². The predicted molar refractivity (Wildman–Crippen MR) is 34.4 cm³/mol. The van der Waals surface area contributed by atoms with Crippen molar-refractivity contribution in [2.75, 3.05) is 0 Å². The van der Waals surface area contributed by atoms with Crippen LogP contribution in [0, 0.1) is 6.92 Å². The van der Waals surface area contributed by atoms with Gasteiger partial charge in [-0.1, -0.05) is 0 Å². The molecule has 1 aromatic rings. The molecule has 0 aromatic carbocycles. The van der Waals surface area contributed by atoms with E-state index in [9.17, 15) is 8.42 Å². The van der Waals surface area contributed by atoms with E-state index in [-0.39, 0.29) is 5.56 Å². The summed E-state index contributed by atoms with van der Waals surface area (Å²) in [6.45, 7) is 1.46. The molecule has 60 valence electrons. The van der Waals surface area contributed by atoms with Crippen LogP contribution in [0.1, 0.15) is 5.56 Å². The SMILES string of the molecule is Cc1cnnnc1S(=O)(=O)O. The summed E-state index contributed by atoms with van der Waals surface area (Å²) < 4.78 is 29.5. The molecule has 0 amide bonds. The Kier molecular flexibility index (Phi) is 1.83. The Balaban J connectivity index is 3.37. The van der Waals surface area contributed by atoms with Gasteiger partial charge in [0.15, 0.2) is 0 Å². The smallest absolute Gasteiger partial charge is 0.281 e. The number of nitrogens with zero attached hydrogens (tertiary/aromatic N) is 3. The van der Waals surface area contributed by atoms with Crippen molar-refractivity contribution in [2.24, 2.45) is 0 Å². The molecule has 0 aliphatic rings. The summed E-state index contributed by atoms with van der Waals surface area (Å²) in [6.07, 6.45) is 1.20. The van der Waals surface area contributed by atoms with Gasteiger partial charge in [0.25, 0.3) is 0 Å². The number of aromatic nitrogens is 3. The van der Waals surface area contributed by atoms with Crippen molar-refractivity contribution in [1.82, 2.24) is 15.4 Å². The summed E-state index contributed by atoms with van der Waals surface area (Å²) in [7, 11) is -4.25. The lowest BCUT2D eigenvalue weighted by Gasteiger charge is -1.95. The maximum absolute atomic E-state index is 10.5. The molecule has 0 aliphatic heterocycles. The lowest BCUT2D eigenvalue weighted by atomic mass is 10.4. The van der Waals surface area contributed by atoms with Crippen LogP contribution in [0.2, 0.25) is 0 Å². The van der Waals surface area contributed by atoms with Crippen LogP contribution in [0.5, 0.6) is 0 Å². The first-order valence-corrected chi connectivity index (χ1v) is 4.08. The Morgan fingerprint density at radius 1 is 1.55 bits per heavy atom. The zero-order valence-corrected chi connectivity index (χ0v) is 6.41. The monoisotopic (exact) mass is 175 g/mol. The Morgan fingerprint density at radius 3 is 2.55 bits per heavy atom. The van der Waals surface area contributed by atoms with Crippen molar-refractivity contribution in [1.29, 1.82) is 0 Å². The van der Waals surface area contributed by atoms with Gasteiger partial charge in [-0.3, -0.25) is 4.55 Å². The topological polar surface area (TPSA) is 93.0 Å². The summed E-state index contributed by atoms with van der Waals surface area (Å²) in [6, 6.07) is 0. The maximum Gasteiger partial charge on any atom is 0.314 e. The quantitative estimate of drug-likeness (QED) is 0.574. The minimum Gasteiger partial charge on any atom is -0.281 e. The number of hydrogen-bond acceptors (Lipinski definition) is 5. The third-order valence-electron chi connectivity index (χ3n) is 1.02. The second-order valence-corrected chi connectivity index (χ2v) is 3.23. The Bertz CT molecular complexity index is 361. The van der Waals surface area contributed by atoms with E-state index in [1.165, 1.54) is 13.1 Å². The Morgan fingerprint density at radius 2 is 2.18 bits per heavy atom. The lowest BCUT2D eigenvalue weighted by Crippen LogP contribution is -2.06. The molecule has 0 fully saturated rings. The van der Waals surface area contributed by atoms with Gasteiger partial charge < -0.3 is 0 Å². The van der Waals surface area contributed by atoms with Gasteiger partial charge in [0.05, 0.1) is 6.20 Å². The van der Waals surface area contributed by atoms with E-state index < -0.39 is 15.1 Å². The molecule has 7 heteroatoms. The molecule has 1 N–H and O–H groups in total. The first-order valence-electron chi connectivity index (χ1n) is 2.64. The minimum absolute atomic E-state index is 0.266. The summed E-state index contributed by atoms with van der Waals surface area (Å²) >= 11 is 0. The zero-order valence-electron chi connectivity index (χ0n) is 5.59. The van der Waals surface area contributed by atoms with Crippen molar-refractivity contribution < 1.29 is 13.0 Å². The number of hydrogen-bond donors (Lipinski definition) is 1. The minimum atomic E-state index is -4.25. The van der Waals surface area contributed by atoms with E-state index >= 15 is 0 Å². The normalized spacial score (nSPS) is 11.5. The highest BCUT2D eigenvalue weighted by atomic mass is 32.2. The van der Waals surface area contributed by atoms with Gasteiger partial charge in [0.2, 0.25) is 5.03 Å². The van der Waals surface area contributed by atoms with Gasteiger partial charge in [-0.05, 0) is 12.1 Å².